The lowest BCUT2D eigenvalue weighted by Gasteiger charge is -2.17. The molecule has 0 bridgehead atoms. The minimum atomic E-state index is -0.805. The summed E-state index contributed by atoms with van der Waals surface area (Å²) in [6.07, 6.45) is 2.32. The van der Waals surface area contributed by atoms with E-state index in [-0.39, 0.29) is 11.5 Å². The van der Waals surface area contributed by atoms with Gasteiger partial charge >= 0.3 is 0 Å². The van der Waals surface area contributed by atoms with E-state index < -0.39 is 11.9 Å². The first-order valence-corrected chi connectivity index (χ1v) is 6.48. The third kappa shape index (κ3) is 2.74. The van der Waals surface area contributed by atoms with Crippen molar-refractivity contribution in [3.05, 3.63) is 53.6 Å². The summed E-state index contributed by atoms with van der Waals surface area (Å²) in [5, 5.41) is 5.39. The second kappa shape index (κ2) is 5.32. The van der Waals surface area contributed by atoms with Crippen molar-refractivity contribution in [3.63, 3.8) is 0 Å². The number of aromatic nitrogens is 1. The van der Waals surface area contributed by atoms with E-state index in [9.17, 15) is 14.0 Å². The van der Waals surface area contributed by atoms with Crippen LogP contribution in [-0.4, -0.2) is 16.8 Å². The van der Waals surface area contributed by atoms with Crippen molar-refractivity contribution in [3.8, 4) is 0 Å². The van der Waals surface area contributed by atoms with Gasteiger partial charge < -0.3 is 10.6 Å². The van der Waals surface area contributed by atoms with Crippen LogP contribution in [0, 0.1) is 5.95 Å². The average Bonchev–Trinajstić information content (AvgIpc) is 2.48. The summed E-state index contributed by atoms with van der Waals surface area (Å²) in [6.45, 7) is 0. The number of aryl methyl sites for hydroxylation is 1. The van der Waals surface area contributed by atoms with E-state index in [0.717, 1.165) is 11.3 Å². The molecule has 0 saturated carbocycles. The predicted octanol–water partition coefficient (Wildman–Crippen LogP) is 2.36. The van der Waals surface area contributed by atoms with Crippen molar-refractivity contribution in [1.82, 2.24) is 4.98 Å². The summed E-state index contributed by atoms with van der Waals surface area (Å²) in [5.74, 6) is -1.38. The van der Waals surface area contributed by atoms with Crippen molar-refractivity contribution in [2.75, 3.05) is 10.6 Å². The average molecular weight is 285 g/mol. The number of rotatable bonds is 2. The molecular weight excluding hydrogens is 273 g/mol. The summed E-state index contributed by atoms with van der Waals surface area (Å²) >= 11 is 0. The smallest absolute Gasteiger partial charge is 0.260 e. The van der Waals surface area contributed by atoms with Crippen LogP contribution in [0.5, 0.6) is 0 Å². The zero-order chi connectivity index (χ0) is 14.8. The van der Waals surface area contributed by atoms with Gasteiger partial charge in [-0.05, 0) is 42.3 Å². The molecule has 1 aromatic carbocycles. The van der Waals surface area contributed by atoms with E-state index in [1.165, 1.54) is 18.3 Å². The zero-order valence-corrected chi connectivity index (χ0v) is 11.0. The molecule has 1 aromatic heterocycles. The molecule has 2 amide bonds. The number of pyridine rings is 1. The van der Waals surface area contributed by atoms with E-state index in [2.05, 4.69) is 15.6 Å². The van der Waals surface area contributed by atoms with E-state index in [1.807, 2.05) is 0 Å². The maximum absolute atomic E-state index is 13.4. The number of amides is 2. The third-order valence-electron chi connectivity index (χ3n) is 3.26. The van der Waals surface area contributed by atoms with Gasteiger partial charge in [0.1, 0.15) is 0 Å². The maximum Gasteiger partial charge on any atom is 0.260 e. The highest BCUT2D eigenvalue weighted by Crippen LogP contribution is 2.25. The van der Waals surface area contributed by atoms with Crippen molar-refractivity contribution in [2.45, 2.75) is 12.8 Å². The molecule has 21 heavy (non-hydrogen) atoms. The van der Waals surface area contributed by atoms with Crippen LogP contribution in [0.3, 0.4) is 0 Å². The summed E-state index contributed by atoms with van der Waals surface area (Å²) in [6, 6.07) is 8.04. The Kier molecular flexibility index (Phi) is 3.35. The number of carbonyl (C=O) groups is 2. The molecular formula is C15H12FN3O2. The standard InChI is InChI=1S/C15H12FN3O2/c16-14-11(2-1-7-17-14)15(21)18-10-4-5-12-9(8-10)3-6-13(20)19-12/h1-2,4-5,7-8H,3,6H2,(H,18,21)(H,19,20). The van der Waals surface area contributed by atoms with Crippen LogP contribution >= 0.6 is 0 Å². The fourth-order valence-corrected chi connectivity index (χ4v) is 2.21. The van der Waals surface area contributed by atoms with Gasteiger partial charge in [0, 0.05) is 24.0 Å². The summed E-state index contributed by atoms with van der Waals surface area (Å²) in [4.78, 5) is 26.7. The molecule has 3 rings (SSSR count). The van der Waals surface area contributed by atoms with Gasteiger partial charge in [-0.3, -0.25) is 9.59 Å². The van der Waals surface area contributed by atoms with Crippen LogP contribution in [-0.2, 0) is 11.2 Å². The molecule has 0 radical (unpaired) electrons. The van der Waals surface area contributed by atoms with E-state index in [1.54, 1.807) is 18.2 Å². The summed E-state index contributed by atoms with van der Waals surface area (Å²) in [7, 11) is 0. The Morgan fingerprint density at radius 3 is 2.95 bits per heavy atom. The quantitative estimate of drug-likeness (QED) is 0.832. The van der Waals surface area contributed by atoms with Gasteiger partial charge in [-0.15, -0.1) is 0 Å². The minimum absolute atomic E-state index is 0.0169. The van der Waals surface area contributed by atoms with Crippen molar-refractivity contribution >= 4 is 23.2 Å². The topological polar surface area (TPSA) is 71.1 Å². The fourth-order valence-electron chi connectivity index (χ4n) is 2.21. The highest BCUT2D eigenvalue weighted by atomic mass is 19.1. The lowest BCUT2D eigenvalue weighted by atomic mass is 10.0. The first kappa shape index (κ1) is 13.2. The van der Waals surface area contributed by atoms with Crippen molar-refractivity contribution < 1.29 is 14.0 Å². The Labute approximate surface area is 120 Å². The second-order valence-corrected chi connectivity index (χ2v) is 4.72. The monoisotopic (exact) mass is 285 g/mol. The lowest BCUT2D eigenvalue weighted by molar-refractivity contribution is -0.116. The molecule has 2 heterocycles. The Bertz CT molecular complexity index is 731. The van der Waals surface area contributed by atoms with Gasteiger partial charge in [0.25, 0.3) is 5.91 Å². The zero-order valence-electron chi connectivity index (χ0n) is 11.0. The molecule has 1 aliphatic rings. The minimum Gasteiger partial charge on any atom is -0.326 e. The SMILES string of the molecule is O=C1CCc2cc(NC(=O)c3cccnc3F)ccc2N1. The highest BCUT2D eigenvalue weighted by Gasteiger charge is 2.16. The van der Waals surface area contributed by atoms with Crippen LogP contribution in [0.1, 0.15) is 22.3 Å². The van der Waals surface area contributed by atoms with Gasteiger partial charge in [0.2, 0.25) is 11.9 Å². The molecule has 0 atom stereocenters. The third-order valence-corrected chi connectivity index (χ3v) is 3.26. The van der Waals surface area contributed by atoms with Crippen LogP contribution < -0.4 is 10.6 Å². The van der Waals surface area contributed by atoms with Crippen molar-refractivity contribution in [2.24, 2.45) is 0 Å². The largest absolute Gasteiger partial charge is 0.326 e. The number of nitrogens with one attached hydrogen (secondary N) is 2. The highest BCUT2D eigenvalue weighted by molar-refractivity contribution is 6.04. The van der Waals surface area contributed by atoms with Crippen LogP contribution in [0.2, 0.25) is 0 Å². The number of carbonyl (C=O) groups excluding carboxylic acids is 2. The normalized spacial score (nSPS) is 13.3. The number of hydrogen-bond donors (Lipinski definition) is 2. The molecule has 0 saturated heterocycles. The summed E-state index contributed by atoms with van der Waals surface area (Å²) in [5.41, 5.74) is 2.14. The second-order valence-electron chi connectivity index (χ2n) is 4.72. The van der Waals surface area contributed by atoms with Gasteiger partial charge in [-0.2, -0.15) is 4.39 Å². The predicted molar refractivity (Wildman–Crippen MR) is 75.5 cm³/mol. The number of fused-ring (bicyclic) bond motifs is 1. The number of hydrogen-bond acceptors (Lipinski definition) is 3. The number of halogens is 1. The number of nitrogens with zero attached hydrogens (tertiary/aromatic N) is 1. The first-order valence-electron chi connectivity index (χ1n) is 6.48. The van der Waals surface area contributed by atoms with Gasteiger partial charge in [-0.25, -0.2) is 4.98 Å². The Morgan fingerprint density at radius 2 is 2.14 bits per heavy atom. The lowest BCUT2D eigenvalue weighted by Crippen LogP contribution is -2.19. The Hall–Kier alpha value is -2.76. The number of anilines is 2. The molecule has 0 fully saturated rings. The molecule has 0 unspecified atom stereocenters. The molecule has 106 valence electrons. The molecule has 0 spiro atoms. The van der Waals surface area contributed by atoms with Gasteiger partial charge in [-0.1, -0.05) is 0 Å². The Balaban J connectivity index is 1.81. The fraction of sp³-hybridized carbons (Fsp3) is 0.133. The van der Waals surface area contributed by atoms with Gasteiger partial charge in [0.15, 0.2) is 0 Å². The van der Waals surface area contributed by atoms with Gasteiger partial charge in [0.05, 0.1) is 5.56 Å². The van der Waals surface area contributed by atoms with E-state index in [0.29, 0.717) is 18.5 Å². The Morgan fingerprint density at radius 1 is 1.29 bits per heavy atom. The van der Waals surface area contributed by atoms with E-state index in [4.69, 9.17) is 0 Å². The molecule has 0 aliphatic carbocycles. The van der Waals surface area contributed by atoms with Crippen LogP contribution in [0.15, 0.2) is 36.5 Å². The number of benzene rings is 1. The summed E-state index contributed by atoms with van der Waals surface area (Å²) < 4.78 is 13.4. The molecule has 6 heteroatoms. The van der Waals surface area contributed by atoms with E-state index >= 15 is 0 Å². The molecule has 2 aromatic rings. The molecule has 2 N–H and O–H groups in total. The molecule has 1 aliphatic heterocycles. The molecule has 5 nitrogen and oxygen atoms in total. The maximum atomic E-state index is 13.4. The van der Waals surface area contributed by atoms with Crippen molar-refractivity contribution in [1.29, 1.82) is 0 Å². The van der Waals surface area contributed by atoms with Crippen LogP contribution in [0.4, 0.5) is 15.8 Å². The first-order chi connectivity index (χ1) is 10.1. The van der Waals surface area contributed by atoms with Crippen LogP contribution in [0.25, 0.3) is 0 Å².